The first-order valence-corrected chi connectivity index (χ1v) is 13.1. The molecule has 216 valence electrons. The van der Waals surface area contributed by atoms with Crippen molar-refractivity contribution in [3.8, 4) is 5.75 Å². The zero-order chi connectivity index (χ0) is 29.0. The summed E-state index contributed by atoms with van der Waals surface area (Å²) in [6.45, 7) is 4.23. The van der Waals surface area contributed by atoms with E-state index < -0.39 is 60.2 Å². The second-order valence-corrected chi connectivity index (χ2v) is 9.75. The Labute approximate surface area is 229 Å². The van der Waals surface area contributed by atoms with E-state index in [2.05, 4.69) is 0 Å². The van der Waals surface area contributed by atoms with Crippen molar-refractivity contribution in [1.82, 2.24) is 0 Å². The zero-order valence-corrected chi connectivity index (χ0v) is 22.8. The smallest absolute Gasteiger partial charge is 0.339 e. The van der Waals surface area contributed by atoms with Crippen LogP contribution >= 0.6 is 0 Å². The highest BCUT2D eigenvalue weighted by Gasteiger charge is 2.53. The summed E-state index contributed by atoms with van der Waals surface area (Å²) in [6.07, 6.45) is -2.24. The number of ether oxygens (including phenoxy) is 6. The van der Waals surface area contributed by atoms with Crippen molar-refractivity contribution < 1.29 is 52.0 Å². The highest BCUT2D eigenvalue weighted by Crippen LogP contribution is 2.33. The van der Waals surface area contributed by atoms with Crippen molar-refractivity contribution in [2.75, 3.05) is 6.61 Å². The third kappa shape index (κ3) is 6.79. The molecule has 4 rings (SSSR count). The summed E-state index contributed by atoms with van der Waals surface area (Å²) in [6, 6.07) is 4.96. The molecule has 0 unspecified atom stereocenters. The SMILES string of the molecule is CC(=O)OC[C@@H]1O[C@H](Oc2ccc3c4c(c(=O)oc3c2)CCCCC4)[C@@H](OC(C)=O)[C@H](OC(C)=O)[C@H]1OC(C)=O. The maximum Gasteiger partial charge on any atom is 0.339 e. The maximum atomic E-state index is 12.7. The fraction of sp³-hybridized carbons (Fsp3) is 0.536. The minimum Gasteiger partial charge on any atom is -0.463 e. The molecular formula is C28H32O12. The number of esters is 4. The van der Waals surface area contributed by atoms with Gasteiger partial charge in [0.25, 0.3) is 0 Å². The van der Waals surface area contributed by atoms with Gasteiger partial charge in [-0.2, -0.15) is 0 Å². The average Bonchev–Trinajstić information content (AvgIpc) is 3.12. The standard InChI is InChI=1S/C28H32O12/c1-14(29)34-13-23-24(35-15(2)30)25(36-16(3)31)26(37-17(4)32)28(40-23)38-18-10-11-20-19-8-6-5-7-9-21(19)27(33)39-22(20)12-18/h10-12,23-26,28H,5-9,13H2,1-4H3/t23-,24-,25+,26-,28-/m0/s1. The van der Waals surface area contributed by atoms with Crippen LogP contribution in [0, 0.1) is 0 Å². The zero-order valence-electron chi connectivity index (χ0n) is 22.8. The molecule has 0 saturated carbocycles. The Kier molecular flexibility index (Phi) is 9.08. The molecule has 1 aliphatic carbocycles. The molecule has 0 N–H and O–H groups in total. The van der Waals surface area contributed by atoms with Crippen LogP contribution in [0.5, 0.6) is 5.75 Å². The van der Waals surface area contributed by atoms with Crippen molar-refractivity contribution in [1.29, 1.82) is 0 Å². The van der Waals surface area contributed by atoms with Crippen LogP contribution in [0.4, 0.5) is 0 Å². The quantitative estimate of drug-likeness (QED) is 0.212. The molecule has 2 aliphatic rings. The van der Waals surface area contributed by atoms with E-state index in [1.54, 1.807) is 12.1 Å². The Morgan fingerprint density at radius 1 is 0.800 bits per heavy atom. The molecule has 1 aromatic carbocycles. The predicted octanol–water partition coefficient (Wildman–Crippen LogP) is 2.52. The first-order chi connectivity index (χ1) is 19.0. The number of rotatable bonds is 7. The van der Waals surface area contributed by atoms with Crippen LogP contribution in [0.25, 0.3) is 11.0 Å². The molecule has 0 bridgehead atoms. The molecule has 12 nitrogen and oxygen atoms in total. The number of hydrogen-bond donors (Lipinski definition) is 0. The molecule has 0 spiro atoms. The Morgan fingerprint density at radius 2 is 1.43 bits per heavy atom. The number of carbonyl (C=O) groups is 4. The van der Waals surface area contributed by atoms with Crippen molar-refractivity contribution in [2.45, 2.75) is 90.5 Å². The van der Waals surface area contributed by atoms with Gasteiger partial charge in [0.1, 0.15) is 24.0 Å². The summed E-state index contributed by atoms with van der Waals surface area (Å²) < 4.78 is 39.0. The summed E-state index contributed by atoms with van der Waals surface area (Å²) in [7, 11) is 0. The topological polar surface area (TPSA) is 154 Å². The Morgan fingerprint density at radius 3 is 2.08 bits per heavy atom. The van der Waals surface area contributed by atoms with Crippen molar-refractivity contribution in [2.24, 2.45) is 0 Å². The van der Waals surface area contributed by atoms with Gasteiger partial charge in [-0.25, -0.2) is 4.79 Å². The number of aryl methyl sites for hydroxylation is 1. The van der Waals surface area contributed by atoms with E-state index in [1.165, 1.54) is 13.0 Å². The summed E-state index contributed by atoms with van der Waals surface area (Å²) in [5, 5.41) is 0.797. The third-order valence-corrected chi connectivity index (χ3v) is 6.65. The largest absolute Gasteiger partial charge is 0.463 e. The van der Waals surface area contributed by atoms with Gasteiger partial charge < -0.3 is 32.8 Å². The summed E-state index contributed by atoms with van der Waals surface area (Å²) in [5.74, 6) is -2.66. The number of carbonyl (C=O) groups excluding carboxylic acids is 4. The molecule has 5 atom stereocenters. The van der Waals surface area contributed by atoms with Gasteiger partial charge in [0.15, 0.2) is 12.2 Å². The minimum absolute atomic E-state index is 0.199. The van der Waals surface area contributed by atoms with Crippen LogP contribution in [0.15, 0.2) is 27.4 Å². The first-order valence-electron chi connectivity index (χ1n) is 13.1. The van der Waals surface area contributed by atoms with Crippen LogP contribution in [0.2, 0.25) is 0 Å². The van der Waals surface area contributed by atoms with Gasteiger partial charge >= 0.3 is 29.5 Å². The molecule has 2 heterocycles. The molecular weight excluding hydrogens is 528 g/mol. The first kappa shape index (κ1) is 29.1. The Balaban J connectivity index is 1.72. The number of benzene rings is 1. The van der Waals surface area contributed by atoms with Crippen LogP contribution < -0.4 is 10.4 Å². The van der Waals surface area contributed by atoms with E-state index >= 15 is 0 Å². The fourth-order valence-corrected chi connectivity index (χ4v) is 5.09. The lowest BCUT2D eigenvalue weighted by molar-refractivity contribution is -0.288. The summed E-state index contributed by atoms with van der Waals surface area (Å²) in [4.78, 5) is 60.2. The molecule has 1 aromatic heterocycles. The average molecular weight is 561 g/mol. The second-order valence-electron chi connectivity index (χ2n) is 9.75. The van der Waals surface area contributed by atoms with Crippen molar-refractivity contribution in [3.05, 3.63) is 39.7 Å². The Bertz CT molecular complexity index is 1340. The lowest BCUT2D eigenvalue weighted by Gasteiger charge is -2.43. The molecule has 0 radical (unpaired) electrons. The van der Waals surface area contributed by atoms with Crippen LogP contribution in [0.1, 0.15) is 58.1 Å². The molecule has 12 heteroatoms. The van der Waals surface area contributed by atoms with Crippen molar-refractivity contribution >= 4 is 34.8 Å². The van der Waals surface area contributed by atoms with E-state index in [9.17, 15) is 24.0 Å². The third-order valence-electron chi connectivity index (χ3n) is 6.65. The van der Waals surface area contributed by atoms with Gasteiger partial charge in [-0.05, 0) is 43.4 Å². The molecule has 1 fully saturated rings. The van der Waals surface area contributed by atoms with Gasteiger partial charge in [0, 0.05) is 44.7 Å². The predicted molar refractivity (Wildman–Crippen MR) is 136 cm³/mol. The van der Waals surface area contributed by atoms with E-state index in [0.29, 0.717) is 17.6 Å². The van der Waals surface area contributed by atoms with E-state index in [1.807, 2.05) is 0 Å². The number of fused-ring (bicyclic) bond motifs is 3. The van der Waals surface area contributed by atoms with Crippen LogP contribution in [0.3, 0.4) is 0 Å². The Hall–Kier alpha value is -3.93. The van der Waals surface area contributed by atoms with E-state index in [4.69, 9.17) is 32.8 Å². The lowest BCUT2D eigenvalue weighted by atomic mass is 9.98. The summed E-state index contributed by atoms with van der Waals surface area (Å²) in [5.41, 5.74) is 1.57. The monoisotopic (exact) mass is 560 g/mol. The van der Waals surface area contributed by atoms with Crippen molar-refractivity contribution in [3.63, 3.8) is 0 Å². The normalized spacial score (nSPS) is 24.2. The van der Waals surface area contributed by atoms with Crippen LogP contribution in [-0.4, -0.2) is 61.2 Å². The van der Waals surface area contributed by atoms with E-state index in [-0.39, 0.29) is 12.4 Å². The molecule has 1 aliphatic heterocycles. The van der Waals surface area contributed by atoms with Gasteiger partial charge in [0.05, 0.1) is 0 Å². The minimum atomic E-state index is -1.40. The van der Waals surface area contributed by atoms with Gasteiger partial charge in [0.2, 0.25) is 12.4 Å². The highest BCUT2D eigenvalue weighted by atomic mass is 16.7. The lowest BCUT2D eigenvalue weighted by Crippen LogP contribution is -2.63. The highest BCUT2D eigenvalue weighted by molar-refractivity contribution is 5.82. The fourth-order valence-electron chi connectivity index (χ4n) is 5.09. The number of hydrogen-bond acceptors (Lipinski definition) is 12. The van der Waals surface area contributed by atoms with E-state index in [0.717, 1.165) is 57.4 Å². The van der Waals surface area contributed by atoms with Gasteiger partial charge in [-0.1, -0.05) is 6.42 Å². The van der Waals surface area contributed by atoms with Gasteiger partial charge in [-0.3, -0.25) is 19.2 Å². The maximum absolute atomic E-state index is 12.7. The second kappa shape index (κ2) is 12.5. The molecule has 2 aromatic rings. The van der Waals surface area contributed by atoms with Gasteiger partial charge in [-0.15, -0.1) is 0 Å². The molecule has 0 amide bonds. The molecule has 1 saturated heterocycles. The summed E-state index contributed by atoms with van der Waals surface area (Å²) >= 11 is 0. The van der Waals surface area contributed by atoms with Crippen LogP contribution in [-0.2, 0) is 55.7 Å². The molecule has 40 heavy (non-hydrogen) atoms.